The predicted molar refractivity (Wildman–Crippen MR) is 102 cm³/mol. The van der Waals surface area contributed by atoms with Gasteiger partial charge in [-0.2, -0.15) is 0 Å². The highest BCUT2D eigenvalue weighted by molar-refractivity contribution is 5.95. The molecule has 0 aromatic carbocycles. The molecule has 2 rings (SSSR count). The van der Waals surface area contributed by atoms with Crippen LogP contribution < -0.4 is 0 Å². The van der Waals surface area contributed by atoms with Crippen molar-refractivity contribution in [3.8, 4) is 0 Å². The van der Waals surface area contributed by atoms with E-state index in [1.165, 1.54) is 0 Å². The number of hydrogen-bond donors (Lipinski definition) is 2. The van der Waals surface area contributed by atoms with Gasteiger partial charge >= 0.3 is 11.9 Å². The van der Waals surface area contributed by atoms with Gasteiger partial charge in [0.25, 0.3) is 0 Å². The van der Waals surface area contributed by atoms with Gasteiger partial charge in [-0.05, 0) is 38.2 Å². The van der Waals surface area contributed by atoms with Crippen molar-refractivity contribution < 1.29 is 34.0 Å². The second kappa shape index (κ2) is 8.59. The topological polar surface area (TPSA) is 102 Å². The van der Waals surface area contributed by atoms with E-state index < -0.39 is 42.5 Å². The molecule has 1 fully saturated rings. The summed E-state index contributed by atoms with van der Waals surface area (Å²) in [7, 11) is 0. The molecule has 0 amide bonds. The van der Waals surface area contributed by atoms with Crippen LogP contribution >= 0.6 is 0 Å². The van der Waals surface area contributed by atoms with Crippen LogP contribution in [0.15, 0.2) is 35.5 Å². The Morgan fingerprint density at radius 1 is 1.43 bits per heavy atom. The Kier molecular flexibility index (Phi) is 6.85. The van der Waals surface area contributed by atoms with Gasteiger partial charge in [-0.3, -0.25) is 0 Å². The van der Waals surface area contributed by atoms with Crippen LogP contribution in [-0.4, -0.2) is 53.9 Å². The standard InChI is InChI=1S/C21H30O7/c1-7-26-20-13(4)16(19(25)28-20)17(27-18(24)11(2)10-22)21(6)12(3)8-9-15(23)14(21)5/h12,15,17,20,22-23H,2,5,7-10H2,1,3-4,6H3/t12-,15-,17?,20?,21+/m0/s1. The van der Waals surface area contributed by atoms with Gasteiger partial charge < -0.3 is 24.4 Å². The van der Waals surface area contributed by atoms with Crippen molar-refractivity contribution in [2.24, 2.45) is 11.3 Å². The summed E-state index contributed by atoms with van der Waals surface area (Å²) in [5, 5.41) is 19.7. The summed E-state index contributed by atoms with van der Waals surface area (Å²) in [6.07, 6.45) is -1.47. The summed E-state index contributed by atoms with van der Waals surface area (Å²) in [6.45, 7) is 14.6. The van der Waals surface area contributed by atoms with Crippen LogP contribution in [0.5, 0.6) is 0 Å². The second-order valence-corrected chi connectivity index (χ2v) is 7.64. The van der Waals surface area contributed by atoms with E-state index in [9.17, 15) is 19.8 Å². The maximum Gasteiger partial charge on any atom is 0.340 e. The molecule has 0 spiro atoms. The van der Waals surface area contributed by atoms with Gasteiger partial charge in [-0.15, -0.1) is 0 Å². The Labute approximate surface area is 165 Å². The molecule has 0 saturated heterocycles. The van der Waals surface area contributed by atoms with E-state index in [0.29, 0.717) is 30.6 Å². The number of carbonyl (C=O) groups excluding carboxylic acids is 2. The van der Waals surface area contributed by atoms with Gasteiger partial charge in [0.2, 0.25) is 6.29 Å². The molecule has 7 nitrogen and oxygen atoms in total. The zero-order chi connectivity index (χ0) is 21.2. The maximum atomic E-state index is 12.7. The molecule has 1 aliphatic carbocycles. The van der Waals surface area contributed by atoms with E-state index in [-0.39, 0.29) is 17.1 Å². The maximum absolute atomic E-state index is 12.7. The molecular formula is C21H30O7. The smallest absolute Gasteiger partial charge is 0.340 e. The third kappa shape index (κ3) is 3.79. The molecule has 0 bridgehead atoms. The van der Waals surface area contributed by atoms with Crippen LogP contribution in [0, 0.1) is 11.3 Å². The fourth-order valence-corrected chi connectivity index (χ4v) is 3.88. The number of rotatable bonds is 7. The SMILES string of the molecule is C=C(CO)C(=O)OC(C1=C(C)C(OCC)OC1=O)[C@@]1(C)C(=C)[C@@H](O)CC[C@@H]1C. The number of carbonyl (C=O) groups is 2. The van der Waals surface area contributed by atoms with E-state index in [0.717, 1.165) is 0 Å². The molecule has 1 aliphatic heterocycles. The van der Waals surface area contributed by atoms with Gasteiger partial charge in [0.1, 0.15) is 6.10 Å². The molecule has 156 valence electrons. The van der Waals surface area contributed by atoms with Crippen LogP contribution in [-0.2, 0) is 23.8 Å². The monoisotopic (exact) mass is 394 g/mol. The second-order valence-electron chi connectivity index (χ2n) is 7.64. The summed E-state index contributed by atoms with van der Waals surface area (Å²) in [4.78, 5) is 25.2. The Balaban J connectivity index is 2.57. The molecule has 0 aromatic heterocycles. The quantitative estimate of drug-likeness (QED) is 0.387. The lowest BCUT2D eigenvalue weighted by Gasteiger charge is -2.48. The Hall–Kier alpha value is -1.96. The molecule has 2 aliphatic rings. The van der Waals surface area contributed by atoms with Crippen molar-refractivity contribution in [2.45, 2.75) is 59.0 Å². The number of esters is 2. The minimum absolute atomic E-state index is 0.0390. The minimum atomic E-state index is -1.06. The highest BCUT2D eigenvalue weighted by atomic mass is 16.7. The number of aliphatic hydroxyl groups excluding tert-OH is 2. The molecule has 0 aromatic rings. The fourth-order valence-electron chi connectivity index (χ4n) is 3.88. The van der Waals surface area contributed by atoms with Crippen LogP contribution in [0.3, 0.4) is 0 Å². The van der Waals surface area contributed by atoms with Crippen molar-refractivity contribution in [3.63, 3.8) is 0 Å². The van der Waals surface area contributed by atoms with E-state index in [1.54, 1.807) is 13.8 Å². The molecule has 7 heteroatoms. The minimum Gasteiger partial charge on any atom is -0.453 e. The van der Waals surface area contributed by atoms with Gasteiger partial charge in [0.05, 0.1) is 23.9 Å². The molecule has 1 saturated carbocycles. The molecule has 1 heterocycles. The van der Waals surface area contributed by atoms with Crippen LogP contribution in [0.1, 0.15) is 40.5 Å². The molecule has 2 N–H and O–H groups in total. The number of aliphatic hydroxyl groups is 2. The van der Waals surface area contributed by atoms with Crippen molar-refractivity contribution >= 4 is 11.9 Å². The normalized spacial score (nSPS) is 31.6. The lowest BCUT2D eigenvalue weighted by atomic mass is 9.60. The van der Waals surface area contributed by atoms with Gasteiger partial charge in [-0.25, -0.2) is 9.59 Å². The third-order valence-electron chi connectivity index (χ3n) is 6.03. The first kappa shape index (κ1) is 22.3. The first-order valence-corrected chi connectivity index (χ1v) is 9.49. The predicted octanol–water partition coefficient (Wildman–Crippen LogP) is 2.04. The molecule has 0 radical (unpaired) electrons. The molecule has 2 unspecified atom stereocenters. The summed E-state index contributed by atoms with van der Waals surface area (Å²) in [5.74, 6) is -1.49. The third-order valence-corrected chi connectivity index (χ3v) is 6.03. The number of cyclic esters (lactones) is 1. The first-order valence-electron chi connectivity index (χ1n) is 9.49. The van der Waals surface area contributed by atoms with Crippen LogP contribution in [0.4, 0.5) is 0 Å². The Morgan fingerprint density at radius 2 is 2.07 bits per heavy atom. The van der Waals surface area contributed by atoms with E-state index in [2.05, 4.69) is 13.2 Å². The van der Waals surface area contributed by atoms with Crippen molar-refractivity contribution in [1.29, 1.82) is 0 Å². The zero-order valence-corrected chi connectivity index (χ0v) is 17.0. The highest BCUT2D eigenvalue weighted by Crippen LogP contribution is 2.51. The lowest BCUT2D eigenvalue weighted by molar-refractivity contribution is -0.162. The van der Waals surface area contributed by atoms with E-state index in [1.807, 2.05) is 13.8 Å². The first-order chi connectivity index (χ1) is 13.1. The van der Waals surface area contributed by atoms with Gasteiger partial charge in [0, 0.05) is 17.6 Å². The molecule has 5 atom stereocenters. The summed E-state index contributed by atoms with van der Waals surface area (Å²) in [5.41, 5.74) is 0.142. The van der Waals surface area contributed by atoms with Crippen molar-refractivity contribution in [3.05, 3.63) is 35.5 Å². The van der Waals surface area contributed by atoms with Crippen LogP contribution in [0.25, 0.3) is 0 Å². The van der Waals surface area contributed by atoms with E-state index >= 15 is 0 Å². The summed E-state index contributed by atoms with van der Waals surface area (Å²) in [6, 6.07) is 0. The number of ether oxygens (including phenoxy) is 3. The zero-order valence-electron chi connectivity index (χ0n) is 17.0. The molecule has 28 heavy (non-hydrogen) atoms. The summed E-state index contributed by atoms with van der Waals surface area (Å²) >= 11 is 0. The Morgan fingerprint density at radius 3 is 2.64 bits per heavy atom. The van der Waals surface area contributed by atoms with Crippen LogP contribution in [0.2, 0.25) is 0 Å². The van der Waals surface area contributed by atoms with Crippen molar-refractivity contribution in [1.82, 2.24) is 0 Å². The molecular weight excluding hydrogens is 364 g/mol. The lowest BCUT2D eigenvalue weighted by Crippen LogP contribution is -2.50. The fraction of sp³-hybridized carbons (Fsp3) is 0.619. The number of hydrogen-bond acceptors (Lipinski definition) is 7. The van der Waals surface area contributed by atoms with E-state index in [4.69, 9.17) is 14.2 Å². The highest BCUT2D eigenvalue weighted by Gasteiger charge is 2.53. The largest absolute Gasteiger partial charge is 0.453 e. The summed E-state index contributed by atoms with van der Waals surface area (Å²) < 4.78 is 16.5. The van der Waals surface area contributed by atoms with Gasteiger partial charge in [-0.1, -0.05) is 27.0 Å². The Bertz CT molecular complexity index is 708. The average molecular weight is 394 g/mol. The van der Waals surface area contributed by atoms with Crippen molar-refractivity contribution in [2.75, 3.05) is 13.2 Å². The van der Waals surface area contributed by atoms with Gasteiger partial charge in [0.15, 0.2) is 0 Å². The average Bonchev–Trinajstić information content (AvgIpc) is 2.94.